The first-order valence-corrected chi connectivity index (χ1v) is 9.99. The van der Waals surface area contributed by atoms with E-state index in [1.54, 1.807) is 24.3 Å². The van der Waals surface area contributed by atoms with E-state index in [-0.39, 0.29) is 11.8 Å². The molecule has 0 aliphatic carbocycles. The molecule has 6 heteroatoms. The Labute approximate surface area is 179 Å². The molecule has 3 aromatic carbocycles. The molecule has 0 aromatic heterocycles. The highest BCUT2D eigenvalue weighted by molar-refractivity contribution is 6.37. The van der Waals surface area contributed by atoms with Crippen molar-refractivity contribution >= 4 is 40.7 Å². The standard InChI is InChI=1S/C23H18Cl2N2O2/c24-17-6-8-20(21(25)13-17)22(28)26-18-7-9-19-16(12-18)10-11-27(23(19)29)14-15-4-2-1-3-5-15/h1-9,12-13H,10-11,14H2,(H,26,28). The Morgan fingerprint density at radius 1 is 1.00 bits per heavy atom. The van der Waals surface area contributed by atoms with Crippen molar-refractivity contribution in [1.29, 1.82) is 0 Å². The minimum Gasteiger partial charge on any atom is -0.334 e. The summed E-state index contributed by atoms with van der Waals surface area (Å²) in [5.74, 6) is -0.312. The van der Waals surface area contributed by atoms with Crippen LogP contribution in [0.15, 0.2) is 66.7 Å². The molecule has 1 aliphatic heterocycles. The number of carbonyl (C=O) groups is 2. The molecule has 1 N–H and O–H groups in total. The minimum absolute atomic E-state index is 0.00808. The van der Waals surface area contributed by atoms with Gasteiger partial charge in [0, 0.05) is 29.4 Å². The van der Waals surface area contributed by atoms with Crippen molar-refractivity contribution in [1.82, 2.24) is 4.90 Å². The van der Waals surface area contributed by atoms with Gasteiger partial charge >= 0.3 is 0 Å². The normalized spacial score (nSPS) is 13.2. The Bertz CT molecular complexity index is 1080. The van der Waals surface area contributed by atoms with E-state index < -0.39 is 0 Å². The van der Waals surface area contributed by atoms with E-state index in [0.29, 0.717) is 39.9 Å². The molecular weight excluding hydrogens is 407 g/mol. The molecule has 0 atom stereocenters. The number of nitrogens with one attached hydrogen (secondary N) is 1. The average molecular weight is 425 g/mol. The number of hydrogen-bond acceptors (Lipinski definition) is 2. The van der Waals surface area contributed by atoms with Crippen molar-refractivity contribution in [3.8, 4) is 0 Å². The van der Waals surface area contributed by atoms with E-state index >= 15 is 0 Å². The van der Waals surface area contributed by atoms with Crippen molar-refractivity contribution < 1.29 is 9.59 Å². The number of rotatable bonds is 4. The summed E-state index contributed by atoms with van der Waals surface area (Å²) in [6.07, 6.45) is 0.735. The lowest BCUT2D eigenvalue weighted by Crippen LogP contribution is -2.37. The molecule has 0 spiro atoms. The minimum atomic E-state index is -0.320. The van der Waals surface area contributed by atoms with Crippen LogP contribution in [-0.2, 0) is 13.0 Å². The van der Waals surface area contributed by atoms with E-state index in [9.17, 15) is 9.59 Å². The Hall–Kier alpha value is -2.82. The Morgan fingerprint density at radius 3 is 2.55 bits per heavy atom. The lowest BCUT2D eigenvalue weighted by Gasteiger charge is -2.29. The molecule has 4 rings (SSSR count). The number of hydrogen-bond donors (Lipinski definition) is 1. The largest absolute Gasteiger partial charge is 0.334 e. The van der Waals surface area contributed by atoms with E-state index in [1.807, 2.05) is 41.3 Å². The third-order valence-electron chi connectivity index (χ3n) is 4.92. The number of halogens is 2. The number of carbonyl (C=O) groups excluding carboxylic acids is 2. The van der Waals surface area contributed by atoms with E-state index in [4.69, 9.17) is 23.2 Å². The molecule has 0 unspecified atom stereocenters. The quantitative estimate of drug-likeness (QED) is 0.605. The van der Waals surface area contributed by atoms with Gasteiger partial charge in [0.15, 0.2) is 0 Å². The molecular formula is C23H18Cl2N2O2. The highest BCUT2D eigenvalue weighted by Crippen LogP contribution is 2.26. The van der Waals surface area contributed by atoms with E-state index in [0.717, 1.165) is 17.5 Å². The summed E-state index contributed by atoms with van der Waals surface area (Å²) in [5, 5.41) is 3.61. The first kappa shape index (κ1) is 19.5. The summed E-state index contributed by atoms with van der Waals surface area (Å²) in [7, 11) is 0. The van der Waals surface area contributed by atoms with Gasteiger partial charge in [-0.25, -0.2) is 0 Å². The van der Waals surface area contributed by atoms with Crippen LogP contribution in [-0.4, -0.2) is 23.3 Å². The number of nitrogens with zero attached hydrogens (tertiary/aromatic N) is 1. The monoisotopic (exact) mass is 424 g/mol. The lowest BCUT2D eigenvalue weighted by molar-refractivity contribution is 0.0727. The van der Waals surface area contributed by atoms with Crippen LogP contribution >= 0.6 is 23.2 Å². The lowest BCUT2D eigenvalue weighted by atomic mass is 9.97. The zero-order valence-electron chi connectivity index (χ0n) is 15.5. The van der Waals surface area contributed by atoms with Crippen molar-refractivity contribution in [2.75, 3.05) is 11.9 Å². The third kappa shape index (κ3) is 4.29. The maximum absolute atomic E-state index is 12.9. The Balaban J connectivity index is 1.49. The third-order valence-corrected chi connectivity index (χ3v) is 5.47. The summed E-state index contributed by atoms with van der Waals surface area (Å²) in [4.78, 5) is 27.2. The van der Waals surface area contributed by atoms with Gasteiger partial charge in [-0.15, -0.1) is 0 Å². The molecule has 4 nitrogen and oxygen atoms in total. The highest BCUT2D eigenvalue weighted by Gasteiger charge is 2.24. The van der Waals surface area contributed by atoms with Crippen molar-refractivity contribution in [2.45, 2.75) is 13.0 Å². The second-order valence-electron chi connectivity index (χ2n) is 6.91. The fourth-order valence-corrected chi connectivity index (χ4v) is 3.94. The average Bonchev–Trinajstić information content (AvgIpc) is 2.71. The molecule has 0 saturated carbocycles. The molecule has 0 bridgehead atoms. The summed E-state index contributed by atoms with van der Waals surface area (Å²) in [5.41, 5.74) is 3.69. The maximum atomic E-state index is 12.9. The molecule has 146 valence electrons. The molecule has 0 radical (unpaired) electrons. The zero-order valence-corrected chi connectivity index (χ0v) is 17.0. The van der Waals surface area contributed by atoms with Crippen molar-refractivity contribution in [3.05, 3.63) is 99.0 Å². The van der Waals surface area contributed by atoms with Crippen molar-refractivity contribution in [2.24, 2.45) is 0 Å². The molecule has 1 heterocycles. The highest BCUT2D eigenvalue weighted by atomic mass is 35.5. The zero-order chi connectivity index (χ0) is 20.4. The summed E-state index contributed by atoms with van der Waals surface area (Å²) in [6.45, 7) is 1.23. The van der Waals surface area contributed by atoms with Crippen LogP contribution in [0.2, 0.25) is 10.0 Å². The molecule has 0 saturated heterocycles. The predicted molar refractivity (Wildman–Crippen MR) is 116 cm³/mol. The smallest absolute Gasteiger partial charge is 0.257 e. The van der Waals surface area contributed by atoms with Gasteiger partial charge in [0.05, 0.1) is 10.6 Å². The second kappa shape index (κ2) is 8.27. The number of amides is 2. The van der Waals surface area contributed by atoms with E-state index in [2.05, 4.69) is 5.32 Å². The van der Waals surface area contributed by atoms with Gasteiger partial charge in [0.2, 0.25) is 0 Å². The van der Waals surface area contributed by atoms with Gasteiger partial charge in [-0.3, -0.25) is 9.59 Å². The molecule has 1 aliphatic rings. The van der Waals surface area contributed by atoms with Crippen LogP contribution in [0, 0.1) is 0 Å². The Kier molecular flexibility index (Phi) is 5.56. The molecule has 2 amide bonds. The maximum Gasteiger partial charge on any atom is 0.257 e. The van der Waals surface area contributed by atoms with Crippen LogP contribution in [0.1, 0.15) is 31.8 Å². The first-order valence-electron chi connectivity index (χ1n) is 9.24. The molecule has 29 heavy (non-hydrogen) atoms. The fraction of sp³-hybridized carbons (Fsp3) is 0.130. The Morgan fingerprint density at radius 2 is 1.79 bits per heavy atom. The van der Waals surface area contributed by atoms with E-state index in [1.165, 1.54) is 6.07 Å². The summed E-state index contributed by atoms with van der Waals surface area (Å²) >= 11 is 12.0. The molecule has 3 aromatic rings. The summed E-state index contributed by atoms with van der Waals surface area (Å²) in [6, 6.07) is 20.0. The van der Waals surface area contributed by atoms with Gasteiger partial charge in [0.25, 0.3) is 11.8 Å². The molecule has 0 fully saturated rings. The summed E-state index contributed by atoms with van der Waals surface area (Å²) < 4.78 is 0. The van der Waals surface area contributed by atoms with Crippen molar-refractivity contribution in [3.63, 3.8) is 0 Å². The van der Waals surface area contributed by atoms with Crippen LogP contribution in [0.4, 0.5) is 5.69 Å². The van der Waals surface area contributed by atoms with Gasteiger partial charge in [-0.05, 0) is 53.9 Å². The van der Waals surface area contributed by atoms with Crippen LogP contribution in [0.5, 0.6) is 0 Å². The van der Waals surface area contributed by atoms with Gasteiger partial charge < -0.3 is 10.2 Å². The second-order valence-corrected chi connectivity index (χ2v) is 7.76. The van der Waals surface area contributed by atoms with Gasteiger partial charge in [-0.2, -0.15) is 0 Å². The predicted octanol–water partition coefficient (Wildman–Crippen LogP) is 5.44. The number of fused-ring (bicyclic) bond motifs is 1. The van der Waals surface area contributed by atoms with Crippen LogP contribution in [0.3, 0.4) is 0 Å². The topological polar surface area (TPSA) is 49.4 Å². The van der Waals surface area contributed by atoms with Crippen LogP contribution < -0.4 is 5.32 Å². The number of benzene rings is 3. The number of anilines is 1. The van der Waals surface area contributed by atoms with Crippen LogP contribution in [0.25, 0.3) is 0 Å². The van der Waals surface area contributed by atoms with Gasteiger partial charge in [0.1, 0.15) is 0 Å². The SMILES string of the molecule is O=C(Nc1ccc2c(c1)CCN(Cc1ccccc1)C2=O)c1ccc(Cl)cc1Cl. The van der Waals surface area contributed by atoms with Gasteiger partial charge in [-0.1, -0.05) is 53.5 Å². The first-order chi connectivity index (χ1) is 14.0. The fourth-order valence-electron chi connectivity index (χ4n) is 3.44.